The van der Waals surface area contributed by atoms with Crippen LogP contribution in [-0.2, 0) is 30.9 Å². The molecule has 2 rings (SSSR count). The minimum Gasteiger partial charge on any atom is -0.467 e. The van der Waals surface area contributed by atoms with E-state index in [1.165, 1.54) is 44.5 Å². The van der Waals surface area contributed by atoms with Gasteiger partial charge in [0.25, 0.3) is 5.91 Å². The number of carbonyl (C=O) groups excluding carboxylic acids is 2. The van der Waals surface area contributed by atoms with Gasteiger partial charge in [-0.3, -0.25) is 9.59 Å². The van der Waals surface area contributed by atoms with Crippen molar-refractivity contribution in [2.24, 2.45) is 0 Å². The summed E-state index contributed by atoms with van der Waals surface area (Å²) >= 11 is 5.74. The lowest BCUT2D eigenvalue weighted by Crippen LogP contribution is -2.39. The van der Waals surface area contributed by atoms with Crippen LogP contribution in [0.1, 0.15) is 12.7 Å². The van der Waals surface area contributed by atoms with E-state index in [2.05, 4.69) is 5.32 Å². The Morgan fingerprint density at radius 1 is 1.26 bits per heavy atom. The molecule has 0 unspecified atom stereocenters. The van der Waals surface area contributed by atoms with Crippen molar-refractivity contribution in [1.29, 1.82) is 0 Å². The first-order valence-corrected chi connectivity index (χ1v) is 9.73. The molecule has 146 valence electrons. The topological polar surface area (TPSA) is 106 Å². The Labute approximate surface area is 162 Å². The number of nitrogens with zero attached hydrogens (tertiary/aromatic N) is 1. The number of benzene rings is 1. The third-order valence-electron chi connectivity index (χ3n) is 3.57. The summed E-state index contributed by atoms with van der Waals surface area (Å²) in [6.07, 6.45) is 0.390. The Balaban J connectivity index is 1.87. The maximum Gasteiger partial charge on any atom is 0.322 e. The summed E-state index contributed by atoms with van der Waals surface area (Å²) in [7, 11) is -2.64. The lowest BCUT2D eigenvalue weighted by atomic mass is 10.3. The number of likely N-dealkylation sites (N-methyl/N-ethyl adjacent to an activating group) is 1. The molecule has 8 nitrogen and oxygen atoms in total. The number of sulfonamides is 1. The summed E-state index contributed by atoms with van der Waals surface area (Å²) in [6.45, 7) is 1.00. The number of rotatable bonds is 8. The Bertz CT molecular complexity index is 881. The monoisotopic (exact) mass is 414 g/mol. The van der Waals surface area contributed by atoms with E-state index in [4.69, 9.17) is 20.8 Å². The van der Waals surface area contributed by atoms with Gasteiger partial charge >= 0.3 is 5.97 Å². The van der Waals surface area contributed by atoms with Crippen LogP contribution in [0.25, 0.3) is 0 Å². The summed E-state index contributed by atoms with van der Waals surface area (Å²) in [6, 6.07) is 8.92. The van der Waals surface area contributed by atoms with Crippen molar-refractivity contribution in [1.82, 2.24) is 9.62 Å². The molecule has 0 fully saturated rings. The minimum absolute atomic E-state index is 0.00793. The molecule has 1 atom stereocenters. The number of ether oxygens (including phenoxy) is 1. The van der Waals surface area contributed by atoms with E-state index in [1.54, 1.807) is 12.1 Å². The minimum atomic E-state index is -3.89. The third kappa shape index (κ3) is 5.81. The SMILES string of the molecule is C[C@H](OC(=O)CN(C)S(=O)(=O)c1ccc(Cl)cc1)C(=O)NCc1ccco1. The molecule has 1 amide bonds. The van der Waals surface area contributed by atoms with E-state index in [9.17, 15) is 18.0 Å². The molecule has 10 heteroatoms. The molecule has 0 saturated heterocycles. The zero-order valence-electron chi connectivity index (χ0n) is 14.7. The number of hydrogen-bond donors (Lipinski definition) is 1. The van der Waals surface area contributed by atoms with Crippen molar-refractivity contribution in [2.45, 2.75) is 24.5 Å². The second kappa shape index (κ2) is 9.03. The van der Waals surface area contributed by atoms with Crippen LogP contribution in [0.5, 0.6) is 0 Å². The largest absolute Gasteiger partial charge is 0.467 e. The van der Waals surface area contributed by atoms with Gasteiger partial charge in [-0.15, -0.1) is 0 Å². The maximum absolute atomic E-state index is 12.4. The number of nitrogens with one attached hydrogen (secondary N) is 1. The lowest BCUT2D eigenvalue weighted by molar-refractivity contribution is -0.154. The predicted molar refractivity (Wildman–Crippen MR) is 97.4 cm³/mol. The van der Waals surface area contributed by atoms with Crippen molar-refractivity contribution in [3.05, 3.63) is 53.4 Å². The number of hydrogen-bond acceptors (Lipinski definition) is 6. The van der Waals surface area contributed by atoms with Crippen LogP contribution >= 0.6 is 11.6 Å². The highest BCUT2D eigenvalue weighted by atomic mass is 35.5. The number of esters is 1. The van der Waals surface area contributed by atoms with E-state index in [1.807, 2.05) is 0 Å². The van der Waals surface area contributed by atoms with Gasteiger partial charge < -0.3 is 14.5 Å². The molecule has 0 spiro atoms. The Kier molecular flexibility index (Phi) is 7.00. The molecular weight excluding hydrogens is 396 g/mol. The van der Waals surface area contributed by atoms with E-state index >= 15 is 0 Å². The molecular formula is C17H19ClN2O6S. The fourth-order valence-electron chi connectivity index (χ4n) is 2.07. The fraction of sp³-hybridized carbons (Fsp3) is 0.294. The van der Waals surface area contributed by atoms with Gasteiger partial charge in [0.1, 0.15) is 12.3 Å². The average molecular weight is 415 g/mol. The van der Waals surface area contributed by atoms with Gasteiger partial charge in [0.15, 0.2) is 6.10 Å². The lowest BCUT2D eigenvalue weighted by Gasteiger charge is -2.18. The fourth-order valence-corrected chi connectivity index (χ4v) is 3.31. The van der Waals surface area contributed by atoms with Gasteiger partial charge in [-0.1, -0.05) is 11.6 Å². The van der Waals surface area contributed by atoms with Crippen molar-refractivity contribution in [3.8, 4) is 0 Å². The molecule has 1 aromatic heterocycles. The highest BCUT2D eigenvalue weighted by Gasteiger charge is 2.25. The summed E-state index contributed by atoms with van der Waals surface area (Å²) in [5.41, 5.74) is 0. The zero-order chi connectivity index (χ0) is 20.0. The van der Waals surface area contributed by atoms with Gasteiger partial charge in [0, 0.05) is 12.1 Å². The molecule has 1 N–H and O–H groups in total. The van der Waals surface area contributed by atoms with E-state index in [0.29, 0.717) is 10.8 Å². The first-order valence-electron chi connectivity index (χ1n) is 7.91. The van der Waals surface area contributed by atoms with Gasteiger partial charge in [-0.05, 0) is 43.3 Å². The van der Waals surface area contributed by atoms with Gasteiger partial charge in [0.2, 0.25) is 10.0 Å². The Hall–Kier alpha value is -2.36. The second-order valence-electron chi connectivity index (χ2n) is 5.64. The van der Waals surface area contributed by atoms with E-state index in [0.717, 1.165) is 4.31 Å². The van der Waals surface area contributed by atoms with Gasteiger partial charge in [-0.25, -0.2) is 8.42 Å². The molecule has 1 aromatic carbocycles. The molecule has 1 heterocycles. The molecule has 27 heavy (non-hydrogen) atoms. The van der Waals surface area contributed by atoms with Crippen LogP contribution in [0.15, 0.2) is 52.0 Å². The van der Waals surface area contributed by atoms with Gasteiger partial charge in [0.05, 0.1) is 17.7 Å². The normalized spacial score (nSPS) is 12.6. The summed E-state index contributed by atoms with van der Waals surface area (Å²) in [4.78, 5) is 23.9. The zero-order valence-corrected chi connectivity index (χ0v) is 16.3. The molecule has 0 saturated carbocycles. The van der Waals surface area contributed by atoms with Crippen LogP contribution in [0.4, 0.5) is 0 Å². The smallest absolute Gasteiger partial charge is 0.322 e. The highest BCUT2D eigenvalue weighted by Crippen LogP contribution is 2.17. The molecule has 0 radical (unpaired) electrons. The Morgan fingerprint density at radius 2 is 1.93 bits per heavy atom. The quantitative estimate of drug-likeness (QED) is 0.660. The van der Waals surface area contributed by atoms with Gasteiger partial charge in [-0.2, -0.15) is 4.31 Å². The third-order valence-corrected chi connectivity index (χ3v) is 5.64. The average Bonchev–Trinajstić information content (AvgIpc) is 3.13. The first-order chi connectivity index (χ1) is 12.7. The molecule has 0 aliphatic heterocycles. The maximum atomic E-state index is 12.4. The number of furan rings is 1. The predicted octanol–water partition coefficient (Wildman–Crippen LogP) is 1.80. The first kappa shape index (κ1) is 20.9. The number of carbonyl (C=O) groups is 2. The van der Waals surface area contributed by atoms with E-state index < -0.39 is 34.5 Å². The van der Waals surface area contributed by atoms with Crippen molar-refractivity contribution >= 4 is 33.5 Å². The Morgan fingerprint density at radius 3 is 2.52 bits per heavy atom. The van der Waals surface area contributed by atoms with Crippen LogP contribution in [0.2, 0.25) is 5.02 Å². The van der Waals surface area contributed by atoms with Crippen LogP contribution in [0, 0.1) is 0 Å². The molecule has 0 aliphatic carbocycles. The van der Waals surface area contributed by atoms with Crippen LogP contribution < -0.4 is 5.32 Å². The molecule has 0 bridgehead atoms. The summed E-state index contributed by atoms with van der Waals surface area (Å²) < 4.78 is 35.7. The van der Waals surface area contributed by atoms with Crippen LogP contribution in [-0.4, -0.2) is 44.3 Å². The van der Waals surface area contributed by atoms with Crippen molar-refractivity contribution < 1.29 is 27.2 Å². The standard InChI is InChI=1S/C17H19ClN2O6S/c1-12(17(22)19-10-14-4-3-9-25-14)26-16(21)11-20(2)27(23,24)15-7-5-13(18)6-8-15/h3-9,12H,10-11H2,1-2H3,(H,19,22)/t12-/m0/s1. The number of amides is 1. The van der Waals surface area contributed by atoms with Crippen molar-refractivity contribution in [3.63, 3.8) is 0 Å². The molecule has 0 aliphatic rings. The van der Waals surface area contributed by atoms with E-state index in [-0.39, 0.29) is 11.4 Å². The number of halogens is 1. The summed E-state index contributed by atoms with van der Waals surface area (Å²) in [5.74, 6) is -0.825. The second-order valence-corrected chi connectivity index (χ2v) is 8.13. The van der Waals surface area contributed by atoms with Crippen LogP contribution in [0.3, 0.4) is 0 Å². The molecule has 2 aromatic rings. The van der Waals surface area contributed by atoms with Crippen molar-refractivity contribution in [2.75, 3.05) is 13.6 Å². The summed E-state index contributed by atoms with van der Waals surface area (Å²) in [5, 5.41) is 2.94. The highest BCUT2D eigenvalue weighted by molar-refractivity contribution is 7.89.